The molecule has 0 saturated heterocycles. The van der Waals surface area contributed by atoms with E-state index in [0.29, 0.717) is 11.7 Å². The fourth-order valence-electron chi connectivity index (χ4n) is 2.79. The van der Waals surface area contributed by atoms with Crippen LogP contribution >= 0.6 is 0 Å². The van der Waals surface area contributed by atoms with Crippen molar-refractivity contribution >= 4 is 12.0 Å². The Hall–Kier alpha value is -0.926. The second-order valence-electron chi connectivity index (χ2n) is 5.69. The van der Waals surface area contributed by atoms with Crippen LogP contribution in [-0.2, 0) is 39.8 Å². The second kappa shape index (κ2) is 8.07. The molecule has 1 saturated carbocycles. The van der Waals surface area contributed by atoms with Crippen LogP contribution in [0.4, 0.5) is 5.82 Å². The Balaban J connectivity index is 0.00000176. The van der Waals surface area contributed by atoms with Gasteiger partial charge in [0.2, 0.25) is 0 Å². The molecule has 0 atom stereocenters. The van der Waals surface area contributed by atoms with Crippen molar-refractivity contribution in [2.45, 2.75) is 32.6 Å². The van der Waals surface area contributed by atoms with Crippen molar-refractivity contribution in [1.29, 1.82) is 0 Å². The van der Waals surface area contributed by atoms with Gasteiger partial charge < -0.3 is 4.99 Å². The standard InChI is InChI=1S/C18H20N3.Y/c1-14-7-3-6-10-16(14)17-11-18(20-13-21(17)2)19-12-15-8-4-5-9-15;/h3,6-7,10,13,15H,4-5,8-9H2,1-2H3;/q-1;. The Morgan fingerprint density at radius 3 is 2.73 bits per heavy atom. The summed E-state index contributed by atoms with van der Waals surface area (Å²) in [5.74, 6) is 1.12. The molecule has 2 aromatic rings. The van der Waals surface area contributed by atoms with Gasteiger partial charge in [-0.15, -0.1) is 22.2 Å². The first-order valence-corrected chi connectivity index (χ1v) is 7.54. The van der Waals surface area contributed by atoms with Gasteiger partial charge in [0, 0.05) is 38.5 Å². The molecule has 0 N–H and O–H groups in total. The number of nitrogens with zero attached hydrogens (tertiary/aromatic N) is 3. The summed E-state index contributed by atoms with van der Waals surface area (Å²) < 4.78 is 1.98. The van der Waals surface area contributed by atoms with Crippen LogP contribution in [0.15, 0.2) is 35.6 Å². The Bertz CT molecular complexity index is 661. The van der Waals surface area contributed by atoms with Gasteiger partial charge in [-0.2, -0.15) is 6.21 Å². The molecule has 1 aliphatic carbocycles. The van der Waals surface area contributed by atoms with Crippen molar-refractivity contribution in [3.05, 3.63) is 42.2 Å². The van der Waals surface area contributed by atoms with Gasteiger partial charge in [-0.3, -0.25) is 4.57 Å². The molecule has 1 heterocycles. The quantitative estimate of drug-likeness (QED) is 0.464. The molecule has 0 aliphatic heterocycles. The number of hydrogen-bond acceptors (Lipinski definition) is 2. The van der Waals surface area contributed by atoms with Crippen LogP contribution < -0.4 is 4.57 Å². The van der Waals surface area contributed by atoms with Gasteiger partial charge in [0.25, 0.3) is 6.33 Å². The Kier molecular flexibility index (Phi) is 6.40. The summed E-state index contributed by atoms with van der Waals surface area (Å²) in [7, 11) is 1.99. The predicted octanol–water partition coefficient (Wildman–Crippen LogP) is 3.45. The summed E-state index contributed by atoms with van der Waals surface area (Å²) in [4.78, 5) is 8.75. The first-order valence-electron chi connectivity index (χ1n) is 7.54. The van der Waals surface area contributed by atoms with Crippen molar-refractivity contribution in [3.8, 4) is 11.3 Å². The molecule has 1 aliphatic rings. The largest absolute Gasteiger partial charge is 0.435 e. The molecule has 0 spiro atoms. The van der Waals surface area contributed by atoms with Crippen LogP contribution in [0.3, 0.4) is 0 Å². The van der Waals surface area contributed by atoms with E-state index in [1.54, 1.807) is 6.33 Å². The first-order chi connectivity index (χ1) is 10.2. The summed E-state index contributed by atoms with van der Waals surface area (Å²) in [6.07, 6.45) is 10.0. The van der Waals surface area contributed by atoms with Gasteiger partial charge in [0.1, 0.15) is 0 Å². The van der Waals surface area contributed by atoms with Crippen LogP contribution in [-0.4, -0.2) is 11.2 Å². The molecule has 4 heteroatoms. The maximum atomic E-state index is 4.42. The normalized spacial score (nSPS) is 15.2. The maximum absolute atomic E-state index is 4.42. The van der Waals surface area contributed by atoms with Crippen molar-refractivity contribution in [1.82, 2.24) is 4.98 Å². The smallest absolute Gasteiger partial charge is 0.264 e. The monoisotopic (exact) mass is 367 g/mol. The van der Waals surface area contributed by atoms with E-state index in [9.17, 15) is 0 Å². The molecular weight excluding hydrogens is 347 g/mol. The van der Waals surface area contributed by atoms with E-state index in [0.717, 1.165) is 5.69 Å². The second-order valence-corrected chi connectivity index (χ2v) is 5.69. The Morgan fingerprint density at radius 1 is 1.27 bits per heavy atom. The molecule has 0 bridgehead atoms. The van der Waals surface area contributed by atoms with Crippen molar-refractivity contribution in [2.75, 3.05) is 0 Å². The topological polar surface area (TPSA) is 29.1 Å². The third-order valence-corrected chi connectivity index (χ3v) is 4.04. The number of aryl methyl sites for hydroxylation is 2. The summed E-state index contributed by atoms with van der Waals surface area (Å²) >= 11 is 0. The van der Waals surface area contributed by atoms with Gasteiger partial charge in [-0.25, -0.2) is 6.07 Å². The predicted molar refractivity (Wildman–Crippen MR) is 83.5 cm³/mol. The van der Waals surface area contributed by atoms with E-state index in [-0.39, 0.29) is 32.7 Å². The number of benzene rings is 1. The van der Waals surface area contributed by atoms with Crippen LogP contribution in [0.5, 0.6) is 0 Å². The van der Waals surface area contributed by atoms with Crippen LogP contribution in [0.1, 0.15) is 31.2 Å². The van der Waals surface area contributed by atoms with Crippen molar-refractivity contribution in [3.63, 3.8) is 0 Å². The molecule has 111 valence electrons. The minimum Gasteiger partial charge on any atom is -0.435 e. The molecule has 1 aromatic carbocycles. The number of aliphatic imine (C=N–C) groups is 1. The maximum Gasteiger partial charge on any atom is 0.264 e. The Labute approximate surface area is 157 Å². The minimum absolute atomic E-state index is 0. The van der Waals surface area contributed by atoms with Crippen LogP contribution in [0, 0.1) is 18.9 Å². The van der Waals surface area contributed by atoms with Crippen molar-refractivity contribution in [2.24, 2.45) is 18.0 Å². The van der Waals surface area contributed by atoms with Gasteiger partial charge in [0.15, 0.2) is 0 Å². The van der Waals surface area contributed by atoms with E-state index in [1.165, 1.54) is 36.8 Å². The fraction of sp³-hybridized carbons (Fsp3) is 0.389. The average Bonchev–Trinajstić information content (AvgIpc) is 3.01. The molecular formula is C18H20N3Y-. The molecule has 0 unspecified atom stereocenters. The molecule has 3 rings (SSSR count). The number of rotatable bonds is 3. The van der Waals surface area contributed by atoms with E-state index in [2.05, 4.69) is 41.3 Å². The molecule has 1 fully saturated rings. The summed E-state index contributed by atoms with van der Waals surface area (Å²) in [6, 6.07) is 11.6. The van der Waals surface area contributed by atoms with Gasteiger partial charge in [-0.1, -0.05) is 56.7 Å². The van der Waals surface area contributed by atoms with E-state index in [4.69, 9.17) is 0 Å². The van der Waals surface area contributed by atoms with Crippen LogP contribution in [0.25, 0.3) is 11.3 Å². The number of aromatic nitrogens is 2. The van der Waals surface area contributed by atoms with Gasteiger partial charge in [-0.05, 0) is 5.69 Å². The van der Waals surface area contributed by atoms with Gasteiger partial charge in [0.05, 0.1) is 7.05 Å². The SMILES string of the molecule is Cc1ccccc1-c1[c-]c(N=[C-]C2CCCC2)nc[n+]1C.[Y]. The first kappa shape index (κ1) is 17.4. The van der Waals surface area contributed by atoms with Gasteiger partial charge >= 0.3 is 0 Å². The van der Waals surface area contributed by atoms with E-state index >= 15 is 0 Å². The third kappa shape index (κ3) is 4.08. The van der Waals surface area contributed by atoms with Crippen LogP contribution in [0.2, 0.25) is 0 Å². The number of hydrogen-bond donors (Lipinski definition) is 0. The molecule has 22 heavy (non-hydrogen) atoms. The van der Waals surface area contributed by atoms with E-state index in [1.807, 2.05) is 23.7 Å². The third-order valence-electron chi connectivity index (χ3n) is 4.04. The van der Waals surface area contributed by atoms with E-state index < -0.39 is 0 Å². The molecule has 0 amide bonds. The zero-order valence-corrected chi connectivity index (χ0v) is 16.0. The molecule has 1 aromatic heterocycles. The zero-order valence-electron chi connectivity index (χ0n) is 13.2. The molecule has 1 radical (unpaired) electrons. The minimum atomic E-state index is 0. The average molecular weight is 367 g/mol. The zero-order chi connectivity index (χ0) is 14.7. The molecule has 3 nitrogen and oxygen atoms in total. The summed E-state index contributed by atoms with van der Waals surface area (Å²) in [5, 5.41) is 0. The summed E-state index contributed by atoms with van der Waals surface area (Å²) in [6.45, 7) is 2.11. The summed E-state index contributed by atoms with van der Waals surface area (Å²) in [5.41, 5.74) is 3.40. The van der Waals surface area contributed by atoms with Crippen molar-refractivity contribution < 1.29 is 37.3 Å². The Morgan fingerprint density at radius 2 is 2.00 bits per heavy atom. The fourth-order valence-corrected chi connectivity index (χ4v) is 2.79.